The van der Waals surface area contributed by atoms with Crippen LogP contribution >= 0.6 is 0 Å². The van der Waals surface area contributed by atoms with E-state index < -0.39 is 106 Å². The van der Waals surface area contributed by atoms with Crippen molar-refractivity contribution in [3.63, 3.8) is 0 Å². The number of nitrogens with one attached hydrogen (secondary N) is 2. The van der Waals surface area contributed by atoms with Crippen LogP contribution in [0.25, 0.3) is 0 Å². The van der Waals surface area contributed by atoms with Crippen molar-refractivity contribution in [2.45, 2.75) is 43.6 Å². The molecule has 3 aliphatic rings. The largest absolute Gasteiger partial charge is 0.510 e. The van der Waals surface area contributed by atoms with Gasteiger partial charge in [0.05, 0.1) is 35.9 Å². The number of hydrogen-bond acceptors (Lipinski definition) is 12. The molecular weight excluding hydrogens is 556 g/mol. The molecule has 15 nitrogen and oxygen atoms in total. The van der Waals surface area contributed by atoms with E-state index in [1.807, 2.05) is 0 Å². The van der Waals surface area contributed by atoms with E-state index in [4.69, 9.17) is 10.8 Å². The van der Waals surface area contributed by atoms with Crippen LogP contribution < -0.4 is 16.4 Å². The number of hydrogen-bond donors (Lipinski definition) is 9. The minimum atomic E-state index is -3.04. The first-order valence-electron chi connectivity index (χ1n) is 12.9. The normalized spacial score (nSPS) is 29.5. The van der Waals surface area contributed by atoms with Crippen molar-refractivity contribution in [1.82, 2.24) is 10.2 Å². The number of likely N-dealkylation sites (N-methyl/N-ethyl adjacent to an activating group) is 1. The maximum absolute atomic E-state index is 13.9. The summed E-state index contributed by atoms with van der Waals surface area (Å²) in [5.74, 6) is -12.2. The van der Waals surface area contributed by atoms with Gasteiger partial charge in [0.2, 0.25) is 11.7 Å². The summed E-state index contributed by atoms with van der Waals surface area (Å²) in [5, 5.41) is 70.4. The SMILES string of the molecule is CC(NCC(=O)Nc1ccc2c(c1O)C(=O)C1=C(O)[C@]3(O)C(=O)C(C(N)=O)=C(O)[C@@H](N(C)C)C3C(O)C1C2C)C(=O)O. The Morgan fingerprint density at radius 3 is 2.31 bits per heavy atom. The van der Waals surface area contributed by atoms with Crippen molar-refractivity contribution in [2.75, 3.05) is 26.0 Å². The number of nitrogens with zero attached hydrogens (tertiary/aromatic N) is 1. The number of fused-ring (bicyclic) bond motifs is 3. The van der Waals surface area contributed by atoms with Crippen LogP contribution in [0.2, 0.25) is 0 Å². The van der Waals surface area contributed by atoms with Gasteiger partial charge in [-0.15, -0.1) is 0 Å². The molecule has 4 rings (SSSR count). The molecule has 0 aliphatic heterocycles. The van der Waals surface area contributed by atoms with Gasteiger partial charge in [0, 0.05) is 11.5 Å². The van der Waals surface area contributed by atoms with Crippen LogP contribution in [0, 0.1) is 11.8 Å². The van der Waals surface area contributed by atoms with E-state index in [9.17, 15) is 49.5 Å². The Morgan fingerprint density at radius 2 is 1.76 bits per heavy atom. The number of aliphatic carboxylic acids is 1. The number of phenols is 1. The summed E-state index contributed by atoms with van der Waals surface area (Å²) >= 11 is 0. The fraction of sp³-hybridized carbons (Fsp3) is 0.444. The molecule has 0 radical (unpaired) electrons. The number of primary amides is 1. The van der Waals surface area contributed by atoms with E-state index in [2.05, 4.69) is 10.6 Å². The van der Waals surface area contributed by atoms with Gasteiger partial charge in [0.15, 0.2) is 17.1 Å². The molecule has 7 atom stereocenters. The number of carboxylic acids is 1. The van der Waals surface area contributed by atoms with Gasteiger partial charge in [0.25, 0.3) is 5.91 Å². The predicted molar refractivity (Wildman–Crippen MR) is 144 cm³/mol. The van der Waals surface area contributed by atoms with Crippen molar-refractivity contribution in [3.8, 4) is 5.75 Å². The van der Waals surface area contributed by atoms with Crippen molar-refractivity contribution < 1.29 is 54.6 Å². The molecule has 0 saturated carbocycles. The minimum Gasteiger partial charge on any atom is -0.510 e. The Bertz CT molecular complexity index is 1480. The van der Waals surface area contributed by atoms with E-state index in [1.165, 1.54) is 38.1 Å². The number of aromatic hydroxyl groups is 1. The molecule has 226 valence electrons. The quantitative estimate of drug-likeness (QED) is 0.132. The zero-order valence-electron chi connectivity index (χ0n) is 23.1. The molecule has 5 unspecified atom stereocenters. The lowest BCUT2D eigenvalue weighted by Gasteiger charge is -2.53. The highest BCUT2D eigenvalue weighted by molar-refractivity contribution is 6.25. The first-order chi connectivity index (χ1) is 19.5. The Hall–Kier alpha value is -4.31. The molecule has 0 aromatic heterocycles. The number of ketones is 2. The number of aliphatic hydroxyl groups is 4. The average Bonchev–Trinajstić information content (AvgIpc) is 2.90. The van der Waals surface area contributed by atoms with Crippen molar-refractivity contribution in [3.05, 3.63) is 45.9 Å². The number of phenolic OH excluding ortho intramolecular Hbond substituents is 1. The smallest absolute Gasteiger partial charge is 0.320 e. The number of carbonyl (C=O) groups is 5. The highest BCUT2D eigenvalue weighted by atomic mass is 16.4. The van der Waals surface area contributed by atoms with Crippen LogP contribution in [-0.4, -0.2) is 109 Å². The summed E-state index contributed by atoms with van der Waals surface area (Å²) in [6.07, 6.45) is -1.73. The van der Waals surface area contributed by atoms with Gasteiger partial charge < -0.3 is 41.7 Å². The van der Waals surface area contributed by atoms with Gasteiger partial charge in [-0.2, -0.15) is 0 Å². The number of benzene rings is 1. The van der Waals surface area contributed by atoms with Crippen LogP contribution in [0.3, 0.4) is 0 Å². The first kappa shape index (κ1) is 30.6. The van der Waals surface area contributed by atoms with Crippen LogP contribution in [0.15, 0.2) is 34.8 Å². The Balaban J connectivity index is 1.84. The van der Waals surface area contributed by atoms with Crippen molar-refractivity contribution in [2.24, 2.45) is 17.6 Å². The van der Waals surface area contributed by atoms with Crippen LogP contribution in [0.1, 0.15) is 35.7 Å². The summed E-state index contributed by atoms with van der Waals surface area (Å²) < 4.78 is 0. The van der Waals surface area contributed by atoms with Gasteiger partial charge in [-0.3, -0.25) is 34.2 Å². The summed E-state index contributed by atoms with van der Waals surface area (Å²) in [7, 11) is 2.88. The van der Waals surface area contributed by atoms with Crippen LogP contribution in [0.5, 0.6) is 5.75 Å². The van der Waals surface area contributed by atoms with Gasteiger partial charge in [-0.05, 0) is 38.6 Å². The molecule has 3 aliphatic carbocycles. The Morgan fingerprint density at radius 1 is 1.14 bits per heavy atom. The number of aliphatic hydroxyl groups excluding tert-OH is 3. The standard InChI is InChI=1S/C27H32N4O11/c1-8-10-5-6-11(30-12(32)7-29-9(2)26(40)41)19(33)14(10)20(34)15-13(8)21(35)17-18(31(3)4)22(36)16(25(28)39)24(38)27(17,42)23(15)37/h5-6,8-9,13,17-18,21,29,33,35-37,42H,7H2,1-4H3,(H2,28,39)(H,30,32)(H,40,41)/t8?,9?,13?,17?,18-,21?,27-/m0/s1. The molecule has 15 heteroatoms. The summed E-state index contributed by atoms with van der Waals surface area (Å²) in [6.45, 7) is 2.45. The Labute approximate surface area is 238 Å². The molecule has 0 saturated heterocycles. The topological polar surface area (TPSA) is 260 Å². The fourth-order valence-electron chi connectivity index (χ4n) is 6.25. The monoisotopic (exact) mass is 588 g/mol. The number of carboxylic acid groups (broad SMARTS) is 1. The lowest BCUT2D eigenvalue weighted by Crippen LogP contribution is -2.68. The van der Waals surface area contributed by atoms with Crippen molar-refractivity contribution in [1.29, 1.82) is 0 Å². The lowest BCUT2D eigenvalue weighted by molar-refractivity contribution is -0.162. The van der Waals surface area contributed by atoms with E-state index in [-0.39, 0.29) is 16.8 Å². The fourth-order valence-corrected chi connectivity index (χ4v) is 6.25. The van der Waals surface area contributed by atoms with Gasteiger partial charge in [-0.1, -0.05) is 13.0 Å². The van der Waals surface area contributed by atoms with E-state index in [0.29, 0.717) is 0 Å². The highest BCUT2D eigenvalue weighted by Gasteiger charge is 2.67. The molecule has 42 heavy (non-hydrogen) atoms. The molecular formula is C27H32N4O11. The first-order valence-corrected chi connectivity index (χ1v) is 12.9. The van der Waals surface area contributed by atoms with E-state index in [0.717, 1.165) is 0 Å². The molecule has 0 spiro atoms. The molecule has 1 aromatic carbocycles. The molecule has 2 amide bonds. The second-order valence-corrected chi connectivity index (χ2v) is 11.0. The molecule has 1 aromatic rings. The maximum atomic E-state index is 13.9. The van der Waals surface area contributed by atoms with Crippen LogP contribution in [-0.2, 0) is 19.2 Å². The Kier molecular flexibility index (Phi) is 7.67. The third kappa shape index (κ3) is 4.32. The number of anilines is 1. The molecule has 0 fully saturated rings. The number of carbonyl (C=O) groups excluding carboxylic acids is 4. The zero-order chi connectivity index (χ0) is 31.6. The number of Topliss-reactive ketones (excluding diaryl/α,β-unsaturated/α-hetero) is 2. The van der Waals surface area contributed by atoms with Gasteiger partial charge >= 0.3 is 5.97 Å². The third-order valence-electron chi connectivity index (χ3n) is 8.34. The summed E-state index contributed by atoms with van der Waals surface area (Å²) in [5.41, 5.74) is 0.302. The average molecular weight is 589 g/mol. The van der Waals surface area contributed by atoms with Gasteiger partial charge in [-0.25, -0.2) is 0 Å². The number of amides is 2. The highest BCUT2D eigenvalue weighted by Crippen LogP contribution is 2.56. The molecule has 0 bridgehead atoms. The maximum Gasteiger partial charge on any atom is 0.320 e. The summed E-state index contributed by atoms with van der Waals surface area (Å²) in [6, 6.07) is 0.300. The van der Waals surface area contributed by atoms with Crippen molar-refractivity contribution >= 4 is 35.0 Å². The van der Waals surface area contributed by atoms with Crippen LogP contribution in [0.4, 0.5) is 5.69 Å². The van der Waals surface area contributed by atoms with E-state index >= 15 is 0 Å². The summed E-state index contributed by atoms with van der Waals surface area (Å²) in [4.78, 5) is 64.1. The number of rotatable bonds is 7. The lowest BCUT2D eigenvalue weighted by atomic mass is 9.55. The second kappa shape index (κ2) is 10.5. The third-order valence-corrected chi connectivity index (χ3v) is 8.34. The van der Waals surface area contributed by atoms with E-state index in [1.54, 1.807) is 6.92 Å². The van der Waals surface area contributed by atoms with Gasteiger partial charge in [0.1, 0.15) is 23.1 Å². The predicted octanol–water partition coefficient (Wildman–Crippen LogP) is -1.35. The number of nitrogens with two attached hydrogens (primary N) is 1. The minimum absolute atomic E-state index is 0.221. The zero-order valence-corrected chi connectivity index (χ0v) is 23.1. The molecule has 10 N–H and O–H groups in total. The molecule has 0 heterocycles. The second-order valence-electron chi connectivity index (χ2n) is 11.0.